The van der Waals surface area contributed by atoms with Crippen molar-refractivity contribution in [2.75, 3.05) is 51.2 Å². The fourth-order valence-electron chi connectivity index (χ4n) is 4.01. The van der Waals surface area contributed by atoms with E-state index in [1.165, 1.54) is 0 Å². The van der Waals surface area contributed by atoms with Gasteiger partial charge in [-0.25, -0.2) is 4.98 Å². The fraction of sp³-hybridized carbons (Fsp3) is 0.560. The van der Waals surface area contributed by atoms with Crippen molar-refractivity contribution in [3.63, 3.8) is 0 Å². The molecule has 0 atom stereocenters. The van der Waals surface area contributed by atoms with Crippen LogP contribution in [0.25, 0.3) is 11.0 Å². The lowest BCUT2D eigenvalue weighted by Crippen LogP contribution is -2.42. The predicted molar refractivity (Wildman–Crippen MR) is 139 cm³/mol. The summed E-state index contributed by atoms with van der Waals surface area (Å²) in [6.07, 6.45) is 3.89. The van der Waals surface area contributed by atoms with Crippen LogP contribution in [0.5, 0.6) is 5.75 Å². The molecule has 0 aliphatic rings. The number of unbranched alkanes of at least 4 members (excludes halogenated alkanes) is 1. The first kappa shape index (κ1) is 26.7. The van der Waals surface area contributed by atoms with E-state index in [2.05, 4.69) is 48.2 Å². The summed E-state index contributed by atoms with van der Waals surface area (Å²) in [5, 5.41) is 17.9. The van der Waals surface area contributed by atoms with E-state index in [1.807, 2.05) is 21.8 Å². The maximum atomic E-state index is 9.56. The molecule has 0 saturated carbocycles. The summed E-state index contributed by atoms with van der Waals surface area (Å²) in [6.45, 7) is 9.44. The Morgan fingerprint density at radius 3 is 2.69 bits per heavy atom. The fourth-order valence-corrected chi connectivity index (χ4v) is 4.01. The van der Waals surface area contributed by atoms with Crippen molar-refractivity contribution in [2.45, 2.75) is 52.2 Å². The molecule has 0 spiro atoms. The van der Waals surface area contributed by atoms with Gasteiger partial charge >= 0.3 is 0 Å². The maximum absolute atomic E-state index is 9.56. The number of rotatable bonds is 14. The molecule has 3 aromatic rings. The molecule has 3 rings (SSSR count). The molecule has 192 valence electrons. The Kier molecular flexibility index (Phi) is 9.25. The number of anilines is 2. The summed E-state index contributed by atoms with van der Waals surface area (Å²) in [7, 11) is 3.38. The number of hydrogen-bond donors (Lipinski definition) is 3. The molecular weight excluding hydrogens is 446 g/mol. The van der Waals surface area contributed by atoms with Crippen molar-refractivity contribution in [1.82, 2.24) is 25.1 Å². The van der Waals surface area contributed by atoms with Crippen molar-refractivity contribution in [2.24, 2.45) is 0 Å². The maximum Gasteiger partial charge on any atom is 0.222 e. The minimum atomic E-state index is -0.128. The van der Waals surface area contributed by atoms with Gasteiger partial charge in [-0.3, -0.25) is 4.68 Å². The van der Waals surface area contributed by atoms with E-state index >= 15 is 0 Å². The van der Waals surface area contributed by atoms with Gasteiger partial charge in [0.05, 0.1) is 33.1 Å². The average molecular weight is 486 g/mol. The molecule has 0 saturated heterocycles. The highest BCUT2D eigenvalue weighted by molar-refractivity contribution is 5.86. The number of methoxy groups -OCH3 is 2. The first-order valence-electron chi connectivity index (χ1n) is 12.1. The number of ether oxygens (including phenoxy) is 2. The van der Waals surface area contributed by atoms with Gasteiger partial charge in [0.1, 0.15) is 11.3 Å². The average Bonchev–Trinajstić information content (AvgIpc) is 3.22. The molecule has 0 aliphatic heterocycles. The lowest BCUT2D eigenvalue weighted by Gasteiger charge is -2.25. The molecule has 10 heteroatoms. The number of nitrogens with zero attached hydrogens (tertiary/aromatic N) is 5. The van der Waals surface area contributed by atoms with Crippen LogP contribution in [0.15, 0.2) is 24.4 Å². The molecule has 2 aromatic heterocycles. The molecule has 35 heavy (non-hydrogen) atoms. The molecule has 0 bridgehead atoms. The van der Waals surface area contributed by atoms with Crippen LogP contribution in [0.2, 0.25) is 0 Å². The Hall–Kier alpha value is -2.95. The van der Waals surface area contributed by atoms with Crippen molar-refractivity contribution in [3.8, 4) is 5.75 Å². The van der Waals surface area contributed by atoms with Crippen LogP contribution in [-0.4, -0.2) is 70.9 Å². The van der Waals surface area contributed by atoms with Crippen molar-refractivity contribution >= 4 is 22.8 Å². The van der Waals surface area contributed by atoms with Gasteiger partial charge in [0, 0.05) is 37.8 Å². The number of nitrogen functional groups attached to an aromatic ring is 1. The van der Waals surface area contributed by atoms with Crippen LogP contribution in [0.3, 0.4) is 0 Å². The highest BCUT2D eigenvalue weighted by Gasteiger charge is 2.19. The third kappa shape index (κ3) is 7.03. The molecule has 0 fully saturated rings. The molecule has 2 heterocycles. The number of aliphatic hydroxyl groups is 1. The number of nitrogens with two attached hydrogens (primary N) is 1. The number of nitrogens with one attached hydrogen (secondary N) is 1. The summed E-state index contributed by atoms with van der Waals surface area (Å²) in [5.74, 6) is 1.64. The van der Waals surface area contributed by atoms with Crippen molar-refractivity contribution in [3.05, 3.63) is 35.5 Å². The molecule has 4 N–H and O–H groups in total. The Balaban J connectivity index is 1.85. The molecule has 10 nitrogen and oxygen atoms in total. The smallest absolute Gasteiger partial charge is 0.222 e. The third-order valence-corrected chi connectivity index (χ3v) is 5.82. The number of aromatic nitrogens is 4. The summed E-state index contributed by atoms with van der Waals surface area (Å²) in [5.41, 5.74) is 9.35. The van der Waals surface area contributed by atoms with Crippen LogP contribution in [0.1, 0.15) is 44.7 Å². The Morgan fingerprint density at radius 1 is 1.20 bits per heavy atom. The lowest BCUT2D eigenvalue weighted by atomic mass is 10.1. The summed E-state index contributed by atoms with van der Waals surface area (Å²) >= 11 is 0. The Morgan fingerprint density at radius 2 is 2.00 bits per heavy atom. The Bertz CT molecular complexity index is 1100. The molecule has 1 aromatic carbocycles. The van der Waals surface area contributed by atoms with E-state index in [1.54, 1.807) is 14.2 Å². The number of benzene rings is 1. The predicted octanol–water partition coefficient (Wildman–Crippen LogP) is 2.58. The minimum Gasteiger partial charge on any atom is -0.496 e. The van der Waals surface area contributed by atoms with Crippen LogP contribution in [0.4, 0.5) is 11.8 Å². The van der Waals surface area contributed by atoms with Crippen LogP contribution < -0.4 is 20.7 Å². The summed E-state index contributed by atoms with van der Waals surface area (Å²) < 4.78 is 12.8. The molecular formula is C25H39N7O3. The van der Waals surface area contributed by atoms with Crippen LogP contribution >= 0.6 is 0 Å². The van der Waals surface area contributed by atoms with E-state index in [-0.39, 0.29) is 18.1 Å². The van der Waals surface area contributed by atoms with Gasteiger partial charge in [0.2, 0.25) is 5.95 Å². The van der Waals surface area contributed by atoms with Crippen molar-refractivity contribution < 1.29 is 14.6 Å². The van der Waals surface area contributed by atoms with Gasteiger partial charge in [-0.1, -0.05) is 25.5 Å². The number of fused-ring (bicyclic) bond motifs is 1. The minimum absolute atomic E-state index is 0.0247. The standard InChI is InChI=1S/C25H39N7O3/c1-6-7-10-31(11-12-33)23-22-20(28-24(26)29-23)16-32(30-22)15-19-9-8-18(13-21(19)35-5)14-27-25(2,3)17-34-4/h8-9,13,16,27,33H,6-7,10-12,14-15,17H2,1-5H3,(H2,26,28). The zero-order chi connectivity index (χ0) is 25.4. The van der Waals surface area contributed by atoms with E-state index in [0.29, 0.717) is 43.1 Å². The van der Waals surface area contributed by atoms with Crippen molar-refractivity contribution in [1.29, 1.82) is 0 Å². The van der Waals surface area contributed by atoms with Gasteiger partial charge in [-0.15, -0.1) is 0 Å². The second-order valence-electron chi connectivity index (χ2n) is 9.35. The monoisotopic (exact) mass is 485 g/mol. The molecule has 0 unspecified atom stereocenters. The largest absolute Gasteiger partial charge is 0.496 e. The van der Waals surface area contributed by atoms with Gasteiger partial charge in [-0.2, -0.15) is 10.1 Å². The van der Waals surface area contributed by atoms with Gasteiger partial charge in [-0.05, 0) is 31.9 Å². The Labute approximate surface area is 207 Å². The first-order valence-corrected chi connectivity index (χ1v) is 12.1. The molecule has 0 amide bonds. The van der Waals surface area contributed by atoms with E-state index in [4.69, 9.17) is 20.3 Å². The summed E-state index contributed by atoms with van der Waals surface area (Å²) in [4.78, 5) is 10.9. The lowest BCUT2D eigenvalue weighted by molar-refractivity contribution is 0.127. The zero-order valence-corrected chi connectivity index (χ0v) is 21.5. The highest BCUT2D eigenvalue weighted by atomic mass is 16.5. The first-order chi connectivity index (χ1) is 16.8. The third-order valence-electron chi connectivity index (χ3n) is 5.82. The van der Waals surface area contributed by atoms with E-state index < -0.39 is 0 Å². The zero-order valence-electron chi connectivity index (χ0n) is 21.5. The normalized spacial score (nSPS) is 11.8. The quantitative estimate of drug-likeness (QED) is 0.316. The highest BCUT2D eigenvalue weighted by Crippen LogP contribution is 2.26. The second kappa shape index (κ2) is 12.1. The van der Waals surface area contributed by atoms with Gasteiger partial charge in [0.15, 0.2) is 11.3 Å². The summed E-state index contributed by atoms with van der Waals surface area (Å²) in [6, 6.07) is 6.20. The molecule has 0 radical (unpaired) electrons. The number of hydrogen-bond acceptors (Lipinski definition) is 9. The molecule has 0 aliphatic carbocycles. The van der Waals surface area contributed by atoms with Crippen LogP contribution in [-0.2, 0) is 17.8 Å². The SMILES string of the molecule is CCCCN(CCO)c1nc(N)nc2cn(Cc3ccc(CNC(C)(C)COC)cc3OC)nc12. The number of aliphatic hydroxyl groups excluding tert-OH is 1. The van der Waals surface area contributed by atoms with Crippen LogP contribution in [0, 0.1) is 0 Å². The second-order valence-corrected chi connectivity index (χ2v) is 9.35. The van der Waals surface area contributed by atoms with Gasteiger partial charge in [0.25, 0.3) is 0 Å². The van der Waals surface area contributed by atoms with E-state index in [0.717, 1.165) is 36.3 Å². The van der Waals surface area contributed by atoms with E-state index in [9.17, 15) is 5.11 Å². The van der Waals surface area contributed by atoms with Gasteiger partial charge < -0.3 is 30.5 Å². The topological polar surface area (TPSA) is 124 Å².